The van der Waals surface area contributed by atoms with Crippen LogP contribution in [0.25, 0.3) is 17.1 Å². The van der Waals surface area contributed by atoms with Gasteiger partial charge in [0.25, 0.3) is 0 Å². The van der Waals surface area contributed by atoms with Crippen molar-refractivity contribution < 1.29 is 46.7 Å². The molecule has 286 valence electrons. The van der Waals surface area contributed by atoms with Crippen LogP contribution in [0.5, 0.6) is 11.5 Å². The third kappa shape index (κ3) is 10.8. The molecule has 2 heterocycles. The average Bonchev–Trinajstić information content (AvgIpc) is 3.62. The Hall–Kier alpha value is -4.04. The SMILES string of the molecule is COc1ccc(NC(=NC(O)Nc2ccc(-c3ncn(-c4ccc(OC(F)(F)F)cc4)n3)cc2)SCS[C@@H]2O[C@@H](C)[C@H](OC)[C@@H](OC)[C@H]2OC)c(C)c1. The molecule has 1 unspecified atom stereocenters. The lowest BCUT2D eigenvalue weighted by atomic mass is 10.0. The molecule has 0 saturated carbocycles. The Morgan fingerprint density at radius 3 is 2.26 bits per heavy atom. The first-order valence-corrected chi connectivity index (χ1v) is 18.2. The Morgan fingerprint density at radius 1 is 0.962 bits per heavy atom. The zero-order valence-corrected chi connectivity index (χ0v) is 31.4. The maximum absolute atomic E-state index is 12.5. The first-order chi connectivity index (χ1) is 25.4. The van der Waals surface area contributed by atoms with Crippen LogP contribution in [0, 0.1) is 6.92 Å². The van der Waals surface area contributed by atoms with Gasteiger partial charge in [-0.2, -0.15) is 0 Å². The van der Waals surface area contributed by atoms with E-state index in [1.54, 1.807) is 52.7 Å². The maximum atomic E-state index is 12.5. The molecule has 3 N–H and O–H groups in total. The molecule has 0 amide bonds. The van der Waals surface area contributed by atoms with Crippen LogP contribution in [0.2, 0.25) is 0 Å². The van der Waals surface area contributed by atoms with E-state index in [0.717, 1.165) is 11.3 Å². The summed E-state index contributed by atoms with van der Waals surface area (Å²) in [7, 11) is 6.47. The molecule has 1 aliphatic heterocycles. The van der Waals surface area contributed by atoms with E-state index in [2.05, 4.69) is 30.4 Å². The first kappa shape index (κ1) is 40.2. The molecule has 1 saturated heterocycles. The summed E-state index contributed by atoms with van der Waals surface area (Å²) in [4.78, 5) is 8.86. The van der Waals surface area contributed by atoms with Crippen LogP contribution in [-0.2, 0) is 18.9 Å². The van der Waals surface area contributed by atoms with E-state index >= 15 is 0 Å². The van der Waals surface area contributed by atoms with Crippen molar-refractivity contribution >= 4 is 40.1 Å². The maximum Gasteiger partial charge on any atom is 0.573 e. The van der Waals surface area contributed by atoms with Crippen LogP contribution in [0.4, 0.5) is 24.5 Å². The summed E-state index contributed by atoms with van der Waals surface area (Å²) < 4.78 is 71.6. The Labute approximate surface area is 313 Å². The summed E-state index contributed by atoms with van der Waals surface area (Å²) in [5.74, 6) is 0.771. The van der Waals surface area contributed by atoms with E-state index in [1.165, 1.54) is 58.8 Å². The lowest BCUT2D eigenvalue weighted by molar-refractivity contribution is -0.274. The molecule has 4 aromatic rings. The van der Waals surface area contributed by atoms with Gasteiger partial charge in [-0.1, -0.05) is 11.8 Å². The number of alkyl halides is 3. The minimum Gasteiger partial charge on any atom is -0.497 e. The fraction of sp³-hybridized carbons (Fsp3) is 0.400. The third-order valence-electron chi connectivity index (χ3n) is 8.15. The average molecular weight is 779 g/mol. The van der Waals surface area contributed by atoms with Crippen LogP contribution < -0.4 is 20.1 Å². The van der Waals surface area contributed by atoms with Gasteiger partial charge in [-0.05, 0) is 86.1 Å². The molecule has 0 aliphatic carbocycles. The number of aliphatic hydroxyl groups excluding tert-OH is 1. The van der Waals surface area contributed by atoms with E-state index in [1.807, 2.05) is 32.0 Å². The van der Waals surface area contributed by atoms with Gasteiger partial charge in [0, 0.05) is 43.4 Å². The lowest BCUT2D eigenvalue weighted by Gasteiger charge is -2.43. The number of anilines is 2. The number of aromatic nitrogens is 3. The van der Waals surface area contributed by atoms with Gasteiger partial charge in [-0.3, -0.25) is 0 Å². The van der Waals surface area contributed by atoms with E-state index in [-0.39, 0.29) is 35.6 Å². The van der Waals surface area contributed by atoms with Crippen molar-refractivity contribution in [3.8, 4) is 28.6 Å². The summed E-state index contributed by atoms with van der Waals surface area (Å²) in [5.41, 5.74) is 3.12. The molecule has 0 spiro atoms. The van der Waals surface area contributed by atoms with E-state index in [9.17, 15) is 18.3 Å². The molecule has 53 heavy (non-hydrogen) atoms. The monoisotopic (exact) mass is 778 g/mol. The number of rotatable bonds is 14. The zero-order chi connectivity index (χ0) is 38.1. The summed E-state index contributed by atoms with van der Waals surface area (Å²) in [5, 5.41) is 22.7. The molecule has 0 radical (unpaired) electrons. The van der Waals surface area contributed by atoms with E-state index in [4.69, 9.17) is 23.7 Å². The lowest BCUT2D eigenvalue weighted by Crippen LogP contribution is -2.57. The number of nitrogens with zero attached hydrogens (tertiary/aromatic N) is 4. The second kappa shape index (κ2) is 18.3. The second-order valence-electron chi connectivity index (χ2n) is 11.6. The van der Waals surface area contributed by atoms with Gasteiger partial charge >= 0.3 is 6.36 Å². The van der Waals surface area contributed by atoms with Crippen LogP contribution in [0.1, 0.15) is 12.5 Å². The third-order valence-corrected chi connectivity index (χ3v) is 10.4. The molecule has 18 heteroatoms. The molecule has 1 aromatic heterocycles. The molecule has 1 fully saturated rings. The normalized spacial score (nSPS) is 21.2. The molecule has 3 aromatic carbocycles. The van der Waals surface area contributed by atoms with Crippen molar-refractivity contribution in [3.63, 3.8) is 0 Å². The Kier molecular flexibility index (Phi) is 13.9. The molecule has 6 atom stereocenters. The van der Waals surface area contributed by atoms with E-state index < -0.39 is 12.7 Å². The van der Waals surface area contributed by atoms with Crippen molar-refractivity contribution in [2.24, 2.45) is 4.99 Å². The number of benzene rings is 3. The topological polar surface area (TPSA) is 143 Å². The quantitative estimate of drug-likeness (QED) is 0.0727. The standard InChI is InChI=1S/C35H41F3N6O7S2/c1-20-17-26(46-3)15-16-27(20)41-34(53-19-52-32-30(49-6)29(48-5)28(47-4)21(2)50-32)42-33(45)40-23-9-7-22(8-10-23)31-39-18-44(43-31)24-11-13-25(14-12-24)51-35(36,37)38/h7-18,21,28-30,32-33,40,45H,19H2,1-6H3,(H,41,42)/t21-,28-,29+,30+,32-,33?/m0/s1. The highest BCUT2D eigenvalue weighted by atomic mass is 32.2. The molecule has 0 bridgehead atoms. The van der Waals surface area contributed by atoms with Crippen molar-refractivity contribution in [2.45, 2.75) is 56.4 Å². The van der Waals surface area contributed by atoms with Crippen LogP contribution in [0.15, 0.2) is 78.0 Å². The van der Waals surface area contributed by atoms with Crippen LogP contribution in [-0.4, -0.2) is 101 Å². The summed E-state index contributed by atoms with van der Waals surface area (Å²) in [6, 6.07) is 17.9. The van der Waals surface area contributed by atoms with Gasteiger partial charge in [0.2, 0.25) is 6.35 Å². The fourth-order valence-corrected chi connectivity index (χ4v) is 7.88. The second-order valence-corrected chi connectivity index (χ2v) is 14.0. The largest absolute Gasteiger partial charge is 0.573 e. The van der Waals surface area contributed by atoms with Crippen LogP contribution >= 0.6 is 23.5 Å². The molecule has 1 aliphatic rings. The number of methoxy groups -OCH3 is 4. The Morgan fingerprint density at radius 2 is 1.64 bits per heavy atom. The molecule has 13 nitrogen and oxygen atoms in total. The Balaban J connectivity index is 1.25. The zero-order valence-electron chi connectivity index (χ0n) is 29.7. The fourth-order valence-electron chi connectivity index (χ4n) is 5.56. The molecular weight excluding hydrogens is 738 g/mol. The number of ether oxygens (including phenoxy) is 6. The van der Waals surface area contributed by atoms with Crippen molar-refractivity contribution in [2.75, 3.05) is 44.2 Å². The number of nitrogens with one attached hydrogen (secondary N) is 2. The van der Waals surface area contributed by atoms with Gasteiger partial charge in [-0.15, -0.1) is 30.0 Å². The number of thioether (sulfide) groups is 2. The minimum atomic E-state index is -4.78. The molecular formula is C35H41F3N6O7S2. The number of hydrogen-bond acceptors (Lipinski definition) is 13. The number of aryl methyl sites for hydroxylation is 1. The van der Waals surface area contributed by atoms with Crippen molar-refractivity contribution in [1.82, 2.24) is 14.8 Å². The molecule has 5 rings (SSSR count). The van der Waals surface area contributed by atoms with Gasteiger partial charge in [0.05, 0.1) is 18.9 Å². The van der Waals surface area contributed by atoms with Gasteiger partial charge in [-0.25, -0.2) is 14.7 Å². The highest BCUT2D eigenvalue weighted by Gasteiger charge is 2.45. The van der Waals surface area contributed by atoms with Gasteiger partial charge in [0.1, 0.15) is 41.6 Å². The Bertz CT molecular complexity index is 1800. The number of aliphatic imine (C=N–C) groups is 1. The predicted octanol–water partition coefficient (Wildman–Crippen LogP) is 6.52. The number of aliphatic hydroxyl groups is 1. The number of hydrogen-bond donors (Lipinski definition) is 3. The predicted molar refractivity (Wildman–Crippen MR) is 199 cm³/mol. The van der Waals surface area contributed by atoms with Crippen molar-refractivity contribution in [3.05, 3.63) is 78.6 Å². The van der Waals surface area contributed by atoms with Gasteiger partial charge in [0.15, 0.2) is 11.0 Å². The first-order valence-electron chi connectivity index (χ1n) is 16.2. The summed E-state index contributed by atoms with van der Waals surface area (Å²) in [6.07, 6.45) is -5.85. The highest BCUT2D eigenvalue weighted by molar-refractivity contribution is 8.24. The van der Waals surface area contributed by atoms with Crippen molar-refractivity contribution in [1.29, 1.82) is 0 Å². The highest BCUT2D eigenvalue weighted by Crippen LogP contribution is 2.35. The van der Waals surface area contributed by atoms with E-state index in [0.29, 0.717) is 38.8 Å². The smallest absolute Gasteiger partial charge is 0.497 e. The minimum absolute atomic E-state index is 0.224. The number of amidine groups is 1. The summed E-state index contributed by atoms with van der Waals surface area (Å²) in [6.45, 7) is 3.88. The van der Waals surface area contributed by atoms with Gasteiger partial charge < -0.3 is 44.2 Å². The number of halogens is 3. The summed E-state index contributed by atoms with van der Waals surface area (Å²) >= 11 is 2.91. The van der Waals surface area contributed by atoms with Crippen LogP contribution in [0.3, 0.4) is 0 Å².